The summed E-state index contributed by atoms with van der Waals surface area (Å²) in [6.45, 7) is -0.0943. The van der Waals surface area contributed by atoms with E-state index in [1.54, 1.807) is 24.3 Å². The monoisotopic (exact) mass is 682 g/mol. The zero-order valence-electron chi connectivity index (χ0n) is 26.9. The fourth-order valence-corrected chi connectivity index (χ4v) is 7.61. The van der Waals surface area contributed by atoms with Crippen LogP contribution >= 0.6 is 0 Å². The number of aliphatic hydroxyl groups is 4. The lowest BCUT2D eigenvalue weighted by Gasteiger charge is -2.58. The molecule has 2 saturated heterocycles. The van der Waals surface area contributed by atoms with Crippen LogP contribution in [0.1, 0.15) is 28.7 Å². The summed E-state index contributed by atoms with van der Waals surface area (Å²) in [4.78, 5) is 12.6. The Morgan fingerprint density at radius 1 is 1.12 bits per heavy atom. The highest BCUT2D eigenvalue weighted by Gasteiger charge is 2.71. The van der Waals surface area contributed by atoms with Crippen molar-refractivity contribution in [2.24, 2.45) is 0 Å². The molecule has 7 rings (SSSR count). The molecule has 3 aromatic carbocycles. The van der Waals surface area contributed by atoms with E-state index in [1.807, 2.05) is 6.07 Å². The molecule has 4 heterocycles. The SMILES string of the molecule is CN[C@H]1CN[C@@]2(O)[C@@H](O)[C@H](Oc3cc4c(c(-c5cccc(O)c5)c3)[C@@H]3Oc5c(OC)c(OC)cc(CCO)c5[C@@H]3CO4)O[C@]1(C(=O)O)[C@H]2O. The van der Waals surface area contributed by atoms with Crippen molar-refractivity contribution in [2.75, 3.05) is 41.0 Å². The van der Waals surface area contributed by atoms with Gasteiger partial charge in [0.1, 0.15) is 29.5 Å². The lowest BCUT2D eigenvalue weighted by Crippen LogP contribution is -2.87. The van der Waals surface area contributed by atoms with Crippen LogP contribution in [0.2, 0.25) is 0 Å². The maximum absolute atomic E-state index is 12.6. The molecule has 0 amide bonds. The van der Waals surface area contributed by atoms with E-state index in [0.717, 1.165) is 11.1 Å². The zero-order valence-corrected chi connectivity index (χ0v) is 26.9. The lowest BCUT2D eigenvalue weighted by molar-refractivity contribution is -0.362. The third kappa shape index (κ3) is 4.87. The van der Waals surface area contributed by atoms with Crippen molar-refractivity contribution in [3.8, 4) is 45.6 Å². The Hall–Kier alpha value is -4.35. The van der Waals surface area contributed by atoms with Crippen LogP contribution in [0, 0.1) is 0 Å². The molecule has 49 heavy (non-hydrogen) atoms. The molecule has 4 aliphatic rings. The van der Waals surface area contributed by atoms with Crippen molar-refractivity contribution in [2.45, 2.75) is 54.3 Å². The number of carboxylic acids is 1. The molecule has 262 valence electrons. The molecular formula is C34H38N2O13. The Balaban J connectivity index is 1.33. The number of likely N-dealkylation sites (N-methyl/N-ethyl adjacent to an activating group) is 1. The number of carboxylic acid groups (broad SMARTS) is 1. The number of fused-ring (bicyclic) bond motifs is 7. The van der Waals surface area contributed by atoms with Gasteiger partial charge in [-0.1, -0.05) is 12.1 Å². The highest BCUT2D eigenvalue weighted by atomic mass is 16.7. The van der Waals surface area contributed by atoms with Crippen LogP contribution in [0.25, 0.3) is 11.1 Å². The Morgan fingerprint density at radius 3 is 2.59 bits per heavy atom. The summed E-state index contributed by atoms with van der Waals surface area (Å²) in [6.07, 6.45) is -6.06. The molecule has 0 spiro atoms. The first-order valence-electron chi connectivity index (χ1n) is 15.8. The number of aliphatic carboxylic acids is 1. The number of aliphatic hydroxyl groups excluding tert-OH is 3. The second kappa shape index (κ2) is 12.2. The number of carbonyl (C=O) groups is 1. The summed E-state index contributed by atoms with van der Waals surface area (Å²) < 4.78 is 36.3. The minimum Gasteiger partial charge on any atom is -0.508 e. The van der Waals surface area contributed by atoms with E-state index in [4.69, 9.17) is 28.4 Å². The molecular weight excluding hydrogens is 644 g/mol. The summed E-state index contributed by atoms with van der Waals surface area (Å²) in [7, 11) is 4.51. The quantitative estimate of drug-likeness (QED) is 0.153. The summed E-state index contributed by atoms with van der Waals surface area (Å²) in [5.74, 6) is -0.210. The van der Waals surface area contributed by atoms with Crippen molar-refractivity contribution in [3.05, 3.63) is 59.2 Å². The third-order valence-corrected chi connectivity index (χ3v) is 9.97. The zero-order chi connectivity index (χ0) is 34.8. The van der Waals surface area contributed by atoms with Gasteiger partial charge in [-0.05, 0) is 54.4 Å². The number of piperidine rings is 1. The van der Waals surface area contributed by atoms with E-state index in [2.05, 4.69) is 10.6 Å². The third-order valence-electron chi connectivity index (χ3n) is 9.97. The van der Waals surface area contributed by atoms with Crippen LogP contribution in [0.5, 0.6) is 34.5 Å². The average Bonchev–Trinajstić information content (AvgIpc) is 3.48. The Morgan fingerprint density at radius 2 is 1.92 bits per heavy atom. The Bertz CT molecular complexity index is 1790. The molecule has 0 saturated carbocycles. The van der Waals surface area contributed by atoms with Crippen molar-refractivity contribution in [3.63, 3.8) is 0 Å². The smallest absolute Gasteiger partial charge is 0.340 e. The number of rotatable bonds is 9. The van der Waals surface area contributed by atoms with Gasteiger partial charge in [-0.2, -0.15) is 0 Å². The predicted molar refractivity (Wildman–Crippen MR) is 169 cm³/mol. The van der Waals surface area contributed by atoms with Crippen LogP contribution in [0.4, 0.5) is 0 Å². The number of benzene rings is 3. The number of nitrogens with one attached hydrogen (secondary N) is 2. The number of aromatic hydroxyl groups is 1. The summed E-state index contributed by atoms with van der Waals surface area (Å²) in [6, 6.07) is 10.4. The van der Waals surface area contributed by atoms with Gasteiger partial charge < -0.3 is 64.4 Å². The number of phenols is 1. The molecule has 0 aromatic heterocycles. The summed E-state index contributed by atoms with van der Waals surface area (Å²) in [5.41, 5.74) is -1.58. The van der Waals surface area contributed by atoms with Crippen molar-refractivity contribution in [1.29, 1.82) is 0 Å². The molecule has 0 aliphatic carbocycles. The molecule has 8 N–H and O–H groups in total. The molecule has 15 heteroatoms. The minimum atomic E-state index is -2.49. The van der Waals surface area contributed by atoms with Crippen LogP contribution in [-0.4, -0.2) is 114 Å². The van der Waals surface area contributed by atoms with Crippen LogP contribution < -0.4 is 34.3 Å². The van der Waals surface area contributed by atoms with Gasteiger partial charge >= 0.3 is 5.97 Å². The first kappa shape index (κ1) is 33.2. The normalized spacial score (nSPS) is 31.0. The first-order chi connectivity index (χ1) is 23.5. The molecule has 0 unspecified atom stereocenters. The molecule has 3 aromatic rings. The molecule has 15 nitrogen and oxygen atoms in total. The largest absolute Gasteiger partial charge is 0.508 e. The van der Waals surface area contributed by atoms with Gasteiger partial charge in [0.2, 0.25) is 17.6 Å². The highest BCUT2D eigenvalue weighted by Crippen LogP contribution is 2.59. The van der Waals surface area contributed by atoms with Gasteiger partial charge in [0.25, 0.3) is 0 Å². The van der Waals surface area contributed by atoms with Crippen LogP contribution in [0.3, 0.4) is 0 Å². The van der Waals surface area contributed by atoms with E-state index < -0.39 is 47.9 Å². The Labute approximate surface area is 280 Å². The predicted octanol–water partition coefficient (Wildman–Crippen LogP) is 0.381. The van der Waals surface area contributed by atoms with E-state index in [0.29, 0.717) is 46.1 Å². The Kier molecular flexibility index (Phi) is 8.26. The average molecular weight is 683 g/mol. The lowest BCUT2D eigenvalue weighted by atomic mass is 9.74. The fourth-order valence-electron chi connectivity index (χ4n) is 7.61. The molecule has 8 atom stereocenters. The minimum absolute atomic E-state index is 0.0132. The molecule has 2 bridgehead atoms. The maximum Gasteiger partial charge on any atom is 0.340 e. The van der Waals surface area contributed by atoms with Crippen molar-refractivity contribution in [1.82, 2.24) is 10.6 Å². The molecule has 4 aliphatic heterocycles. The van der Waals surface area contributed by atoms with Gasteiger partial charge in [-0.25, -0.2) is 4.79 Å². The number of phenolic OH excluding ortho intramolecular Hbond substituents is 1. The van der Waals surface area contributed by atoms with Crippen LogP contribution in [0.15, 0.2) is 42.5 Å². The number of hydrogen-bond donors (Lipinski definition) is 8. The van der Waals surface area contributed by atoms with Gasteiger partial charge in [0.15, 0.2) is 23.3 Å². The van der Waals surface area contributed by atoms with Crippen LogP contribution in [-0.2, 0) is 16.0 Å². The second-order valence-electron chi connectivity index (χ2n) is 12.5. The van der Waals surface area contributed by atoms with Gasteiger partial charge in [-0.3, -0.25) is 5.32 Å². The molecule has 2 fully saturated rings. The molecule has 0 radical (unpaired) electrons. The van der Waals surface area contributed by atoms with Gasteiger partial charge in [0, 0.05) is 30.3 Å². The fraction of sp³-hybridized carbons (Fsp3) is 0.441. The maximum atomic E-state index is 12.6. The van der Waals surface area contributed by atoms with Crippen molar-refractivity contribution < 1.29 is 63.9 Å². The van der Waals surface area contributed by atoms with E-state index in [1.165, 1.54) is 33.4 Å². The number of ether oxygens (including phenoxy) is 6. The second-order valence-corrected chi connectivity index (χ2v) is 12.5. The van der Waals surface area contributed by atoms with E-state index in [-0.39, 0.29) is 37.2 Å². The van der Waals surface area contributed by atoms with Crippen molar-refractivity contribution >= 4 is 5.97 Å². The topological polar surface area (TPSA) is 218 Å². The van der Waals surface area contributed by atoms with Gasteiger partial charge in [-0.15, -0.1) is 0 Å². The van der Waals surface area contributed by atoms with E-state index in [9.17, 15) is 35.4 Å². The first-order valence-corrected chi connectivity index (χ1v) is 15.8. The van der Waals surface area contributed by atoms with Gasteiger partial charge in [0.05, 0.1) is 32.8 Å². The number of hydrogen-bond acceptors (Lipinski definition) is 14. The summed E-state index contributed by atoms with van der Waals surface area (Å²) >= 11 is 0. The summed E-state index contributed by atoms with van der Waals surface area (Å²) in [5, 5.41) is 69.6. The number of methoxy groups -OCH3 is 2. The highest BCUT2D eigenvalue weighted by molar-refractivity contribution is 5.81. The van der Waals surface area contributed by atoms with E-state index >= 15 is 0 Å². The standard InChI is InChI=1S/C34H38N2O13/c1-35-23-13-36-34(43)29(39)30(49-33(23,31(34)40)32(41)42)47-18-11-19(15-5-4-6-17(38)9-15)25-21(12-18)46-14-20-24-16(7-8-37)10-22(44-2)27(45-3)28(24)48-26(20)25/h4-6,9-12,20,23,26,29-31,35-40,43H,7-8,13-14H2,1-3H3,(H,41,42)/t20-,23-,26+,29-,30+,31+,33-,34+/m0/s1.